The normalized spacial score (nSPS) is 10.4. The van der Waals surface area contributed by atoms with E-state index in [1.165, 1.54) is 6.08 Å². The number of aryl methyl sites for hydroxylation is 1. The molecule has 2 rings (SSSR count). The average molecular weight is 295 g/mol. The second-order valence-electron chi connectivity index (χ2n) is 4.70. The summed E-state index contributed by atoms with van der Waals surface area (Å²) >= 11 is 0. The SMILES string of the molecule is Cc1ccccc1NC(=O)CNC(=O)/C=C\c1cccnc1. The standard InChI is InChI=1S/C17H17N3O2/c1-13-5-2-3-7-15(13)20-17(22)12-19-16(21)9-8-14-6-4-10-18-11-14/h2-11H,12H2,1H3,(H,19,21)(H,20,22)/b9-8-. The number of benzene rings is 1. The number of para-hydroxylation sites is 1. The molecule has 0 atom stereocenters. The highest BCUT2D eigenvalue weighted by atomic mass is 16.2. The molecule has 0 aliphatic rings. The molecule has 2 N–H and O–H groups in total. The molecule has 2 amide bonds. The van der Waals surface area contributed by atoms with Gasteiger partial charge >= 0.3 is 0 Å². The molecule has 0 fully saturated rings. The Kier molecular flexibility index (Phi) is 5.43. The molecule has 112 valence electrons. The first-order valence-electron chi connectivity index (χ1n) is 6.86. The van der Waals surface area contributed by atoms with Crippen LogP contribution in [0, 0.1) is 6.92 Å². The number of hydrogen-bond acceptors (Lipinski definition) is 3. The molecular formula is C17H17N3O2. The highest BCUT2D eigenvalue weighted by Crippen LogP contribution is 2.12. The molecule has 1 aromatic carbocycles. The van der Waals surface area contributed by atoms with Crippen LogP contribution in [0.3, 0.4) is 0 Å². The molecule has 0 unspecified atom stereocenters. The number of amides is 2. The number of carbonyl (C=O) groups excluding carboxylic acids is 2. The van der Waals surface area contributed by atoms with Gasteiger partial charge in [0.05, 0.1) is 6.54 Å². The zero-order chi connectivity index (χ0) is 15.8. The Morgan fingerprint density at radius 1 is 1.18 bits per heavy atom. The van der Waals surface area contributed by atoms with E-state index in [0.717, 1.165) is 16.8 Å². The van der Waals surface area contributed by atoms with Gasteiger partial charge in [0, 0.05) is 24.2 Å². The van der Waals surface area contributed by atoms with Crippen molar-refractivity contribution in [3.8, 4) is 0 Å². The lowest BCUT2D eigenvalue weighted by Crippen LogP contribution is -2.31. The fourth-order valence-electron chi connectivity index (χ4n) is 1.78. The van der Waals surface area contributed by atoms with E-state index in [0.29, 0.717) is 0 Å². The zero-order valence-electron chi connectivity index (χ0n) is 12.2. The Balaban J connectivity index is 1.80. The van der Waals surface area contributed by atoms with Crippen molar-refractivity contribution in [2.75, 3.05) is 11.9 Å². The molecule has 22 heavy (non-hydrogen) atoms. The third-order valence-corrected chi connectivity index (χ3v) is 2.95. The van der Waals surface area contributed by atoms with Crippen LogP contribution in [0.1, 0.15) is 11.1 Å². The summed E-state index contributed by atoms with van der Waals surface area (Å²) in [6, 6.07) is 11.1. The van der Waals surface area contributed by atoms with Gasteiger partial charge in [-0.05, 0) is 36.3 Å². The van der Waals surface area contributed by atoms with E-state index in [1.807, 2.05) is 37.3 Å². The van der Waals surface area contributed by atoms with Crippen molar-refractivity contribution < 1.29 is 9.59 Å². The van der Waals surface area contributed by atoms with E-state index in [2.05, 4.69) is 15.6 Å². The van der Waals surface area contributed by atoms with Crippen LogP contribution in [-0.2, 0) is 9.59 Å². The molecule has 1 aromatic heterocycles. The predicted molar refractivity (Wildman–Crippen MR) is 86.1 cm³/mol. The Bertz CT molecular complexity index is 681. The maximum Gasteiger partial charge on any atom is 0.244 e. The van der Waals surface area contributed by atoms with E-state index in [-0.39, 0.29) is 18.4 Å². The molecule has 5 heteroatoms. The van der Waals surface area contributed by atoms with Crippen molar-refractivity contribution in [1.29, 1.82) is 0 Å². The molecule has 2 aromatic rings. The van der Waals surface area contributed by atoms with E-state index in [1.54, 1.807) is 24.5 Å². The highest BCUT2D eigenvalue weighted by molar-refractivity contribution is 5.98. The second-order valence-corrected chi connectivity index (χ2v) is 4.70. The number of nitrogens with one attached hydrogen (secondary N) is 2. The first-order valence-corrected chi connectivity index (χ1v) is 6.86. The average Bonchev–Trinajstić information content (AvgIpc) is 2.54. The van der Waals surface area contributed by atoms with Gasteiger partial charge in [-0.25, -0.2) is 0 Å². The summed E-state index contributed by atoms with van der Waals surface area (Å²) in [4.78, 5) is 27.4. The van der Waals surface area contributed by atoms with Gasteiger partial charge in [-0.2, -0.15) is 0 Å². The fraction of sp³-hybridized carbons (Fsp3) is 0.118. The van der Waals surface area contributed by atoms with E-state index < -0.39 is 0 Å². The van der Waals surface area contributed by atoms with Crippen LogP contribution in [0.25, 0.3) is 6.08 Å². The number of rotatable bonds is 5. The largest absolute Gasteiger partial charge is 0.343 e. The summed E-state index contributed by atoms with van der Waals surface area (Å²) in [6.07, 6.45) is 6.32. The van der Waals surface area contributed by atoms with Gasteiger partial charge in [-0.15, -0.1) is 0 Å². The van der Waals surface area contributed by atoms with E-state index in [4.69, 9.17) is 0 Å². The van der Waals surface area contributed by atoms with Crippen LogP contribution < -0.4 is 10.6 Å². The monoisotopic (exact) mass is 295 g/mol. The molecule has 1 heterocycles. The fourth-order valence-corrected chi connectivity index (χ4v) is 1.78. The predicted octanol–water partition coefficient (Wildman–Crippen LogP) is 2.16. The van der Waals surface area contributed by atoms with E-state index in [9.17, 15) is 9.59 Å². The van der Waals surface area contributed by atoms with Gasteiger partial charge in [0.25, 0.3) is 0 Å². The number of carbonyl (C=O) groups is 2. The van der Waals surface area contributed by atoms with Crippen molar-refractivity contribution in [2.24, 2.45) is 0 Å². The summed E-state index contributed by atoms with van der Waals surface area (Å²) in [5.41, 5.74) is 2.54. The minimum absolute atomic E-state index is 0.0788. The molecule has 0 spiro atoms. The van der Waals surface area contributed by atoms with Gasteiger partial charge in [-0.1, -0.05) is 24.3 Å². The van der Waals surface area contributed by atoms with Crippen molar-refractivity contribution in [1.82, 2.24) is 10.3 Å². The lowest BCUT2D eigenvalue weighted by Gasteiger charge is -2.08. The topological polar surface area (TPSA) is 71.1 Å². The van der Waals surface area contributed by atoms with Crippen LogP contribution in [0.2, 0.25) is 0 Å². The molecule has 0 saturated heterocycles. The summed E-state index contributed by atoms with van der Waals surface area (Å²) < 4.78 is 0. The molecule has 0 saturated carbocycles. The number of nitrogens with zero attached hydrogens (tertiary/aromatic N) is 1. The molecule has 0 bridgehead atoms. The zero-order valence-corrected chi connectivity index (χ0v) is 12.2. The van der Waals surface area contributed by atoms with Crippen LogP contribution in [0.15, 0.2) is 54.9 Å². The Morgan fingerprint density at radius 2 is 2.00 bits per heavy atom. The minimum Gasteiger partial charge on any atom is -0.343 e. The number of aromatic nitrogens is 1. The lowest BCUT2D eigenvalue weighted by atomic mass is 10.2. The lowest BCUT2D eigenvalue weighted by molar-refractivity contribution is -0.121. The highest BCUT2D eigenvalue weighted by Gasteiger charge is 2.05. The van der Waals surface area contributed by atoms with Crippen molar-refractivity contribution in [3.05, 3.63) is 66.0 Å². The number of pyridine rings is 1. The van der Waals surface area contributed by atoms with Gasteiger partial charge in [0.15, 0.2) is 0 Å². The van der Waals surface area contributed by atoms with Crippen molar-refractivity contribution in [2.45, 2.75) is 6.92 Å². The van der Waals surface area contributed by atoms with Gasteiger partial charge in [-0.3, -0.25) is 14.6 Å². The van der Waals surface area contributed by atoms with Crippen LogP contribution in [0.5, 0.6) is 0 Å². The third-order valence-electron chi connectivity index (χ3n) is 2.95. The maximum atomic E-state index is 11.8. The molecule has 0 aliphatic heterocycles. The third kappa shape index (κ3) is 4.86. The van der Waals surface area contributed by atoms with E-state index >= 15 is 0 Å². The quantitative estimate of drug-likeness (QED) is 0.830. The van der Waals surface area contributed by atoms with Crippen molar-refractivity contribution in [3.63, 3.8) is 0 Å². The maximum absolute atomic E-state index is 11.8. The minimum atomic E-state index is -0.330. The first-order chi connectivity index (χ1) is 10.6. The Labute approximate surface area is 129 Å². The second kappa shape index (κ2) is 7.73. The van der Waals surface area contributed by atoms with Gasteiger partial charge in [0.2, 0.25) is 11.8 Å². The van der Waals surface area contributed by atoms with Crippen molar-refractivity contribution >= 4 is 23.6 Å². The number of hydrogen-bond donors (Lipinski definition) is 2. The Hall–Kier alpha value is -2.95. The molecular weight excluding hydrogens is 278 g/mol. The molecule has 0 radical (unpaired) electrons. The van der Waals surface area contributed by atoms with Gasteiger partial charge in [0.1, 0.15) is 0 Å². The number of anilines is 1. The molecule has 0 aliphatic carbocycles. The van der Waals surface area contributed by atoms with Crippen LogP contribution in [0.4, 0.5) is 5.69 Å². The smallest absolute Gasteiger partial charge is 0.244 e. The first kappa shape index (κ1) is 15.4. The van der Waals surface area contributed by atoms with Crippen LogP contribution in [-0.4, -0.2) is 23.3 Å². The van der Waals surface area contributed by atoms with Gasteiger partial charge < -0.3 is 10.6 Å². The molecule has 5 nitrogen and oxygen atoms in total. The summed E-state index contributed by atoms with van der Waals surface area (Å²) in [5, 5.41) is 5.29. The summed E-state index contributed by atoms with van der Waals surface area (Å²) in [5.74, 6) is -0.596. The summed E-state index contributed by atoms with van der Waals surface area (Å²) in [6.45, 7) is 1.83. The van der Waals surface area contributed by atoms with Crippen LogP contribution >= 0.6 is 0 Å². The Morgan fingerprint density at radius 3 is 2.73 bits per heavy atom. The summed E-state index contributed by atoms with van der Waals surface area (Å²) in [7, 11) is 0.